The van der Waals surface area contributed by atoms with Gasteiger partial charge in [-0.1, -0.05) is 50.6 Å². The van der Waals surface area contributed by atoms with E-state index in [0.717, 1.165) is 11.1 Å². The van der Waals surface area contributed by atoms with Crippen LogP contribution in [0.25, 0.3) is 0 Å². The van der Waals surface area contributed by atoms with E-state index in [1.807, 2.05) is 39.8 Å². The van der Waals surface area contributed by atoms with Crippen molar-refractivity contribution in [2.75, 3.05) is 6.61 Å². The number of nitro benzene ring substituents is 1. The van der Waals surface area contributed by atoms with Crippen LogP contribution >= 0.6 is 0 Å². The third-order valence-corrected chi connectivity index (χ3v) is 3.57. The van der Waals surface area contributed by atoms with Gasteiger partial charge in [-0.2, -0.15) is 0 Å². The molecule has 0 bridgehead atoms. The Kier molecular flexibility index (Phi) is 5.41. The lowest BCUT2D eigenvalue weighted by Crippen LogP contribution is -2.21. The summed E-state index contributed by atoms with van der Waals surface area (Å²) in [6, 6.07) is 11.5. The van der Waals surface area contributed by atoms with Crippen LogP contribution in [-0.4, -0.2) is 17.5 Å². The van der Waals surface area contributed by atoms with Gasteiger partial charge in [0.05, 0.1) is 4.92 Å². The molecule has 0 spiro atoms. The molecule has 0 unspecified atom stereocenters. The summed E-state index contributed by atoms with van der Waals surface area (Å²) < 4.78 is 10.7. The molecule has 0 heterocycles. The number of carbonyl (C=O) groups is 1. The summed E-state index contributed by atoms with van der Waals surface area (Å²) in [6.45, 7) is 7.65. The Morgan fingerprint density at radius 2 is 1.80 bits per heavy atom. The summed E-state index contributed by atoms with van der Waals surface area (Å²) >= 11 is 0. The molecule has 2 aromatic carbocycles. The van der Waals surface area contributed by atoms with E-state index in [0.29, 0.717) is 5.75 Å². The van der Waals surface area contributed by atoms with Gasteiger partial charge < -0.3 is 9.47 Å². The molecule has 0 aromatic heterocycles. The Morgan fingerprint density at radius 3 is 2.44 bits per heavy atom. The monoisotopic (exact) mass is 343 g/mol. The Balaban J connectivity index is 2.11. The second-order valence-electron chi connectivity index (χ2n) is 6.74. The maximum atomic E-state index is 12.1. The lowest BCUT2D eigenvalue weighted by atomic mass is 9.85. The van der Waals surface area contributed by atoms with Gasteiger partial charge >= 0.3 is 11.7 Å². The molecule has 0 saturated heterocycles. The lowest BCUT2D eigenvalue weighted by molar-refractivity contribution is -0.385. The lowest BCUT2D eigenvalue weighted by Gasteiger charge is -2.22. The molecular formula is C19H21NO5. The van der Waals surface area contributed by atoms with Crippen LogP contribution in [0.15, 0.2) is 42.5 Å². The minimum Gasteiger partial charge on any atom is -0.475 e. The average molecular weight is 343 g/mol. The zero-order valence-corrected chi connectivity index (χ0v) is 14.7. The SMILES string of the molecule is Cc1ccc(OC(=O)COc2ccccc2[N+](=O)[O-])c(C(C)(C)C)c1. The zero-order chi connectivity index (χ0) is 18.6. The van der Waals surface area contributed by atoms with Crippen LogP contribution in [0.5, 0.6) is 11.5 Å². The second kappa shape index (κ2) is 7.34. The predicted molar refractivity (Wildman–Crippen MR) is 94.1 cm³/mol. The number of nitrogens with zero attached hydrogens (tertiary/aromatic N) is 1. The highest BCUT2D eigenvalue weighted by Crippen LogP contribution is 2.32. The van der Waals surface area contributed by atoms with E-state index < -0.39 is 17.5 Å². The van der Waals surface area contributed by atoms with Crippen LogP contribution in [-0.2, 0) is 10.2 Å². The Labute approximate surface area is 146 Å². The first-order valence-corrected chi connectivity index (χ1v) is 7.86. The van der Waals surface area contributed by atoms with E-state index in [4.69, 9.17) is 9.47 Å². The fraction of sp³-hybridized carbons (Fsp3) is 0.316. The molecule has 25 heavy (non-hydrogen) atoms. The first kappa shape index (κ1) is 18.4. The van der Waals surface area contributed by atoms with Gasteiger partial charge in [-0.3, -0.25) is 10.1 Å². The number of rotatable bonds is 5. The van der Waals surface area contributed by atoms with Crippen molar-refractivity contribution < 1.29 is 19.2 Å². The summed E-state index contributed by atoms with van der Waals surface area (Å²) in [5.74, 6) is -0.119. The Hall–Kier alpha value is -2.89. The Bertz CT molecular complexity index is 793. The number of carbonyl (C=O) groups excluding carboxylic acids is 1. The van der Waals surface area contributed by atoms with Crippen LogP contribution in [0.1, 0.15) is 31.9 Å². The van der Waals surface area contributed by atoms with E-state index in [1.165, 1.54) is 18.2 Å². The number of hydrogen-bond acceptors (Lipinski definition) is 5. The number of aryl methyl sites for hydroxylation is 1. The van der Waals surface area contributed by atoms with Gasteiger partial charge in [-0.15, -0.1) is 0 Å². The summed E-state index contributed by atoms with van der Waals surface area (Å²) in [7, 11) is 0. The number of esters is 1. The van der Waals surface area contributed by atoms with Crippen molar-refractivity contribution in [3.63, 3.8) is 0 Å². The van der Waals surface area contributed by atoms with Crippen molar-refractivity contribution >= 4 is 11.7 Å². The van der Waals surface area contributed by atoms with E-state index in [2.05, 4.69) is 0 Å². The summed E-state index contributed by atoms with van der Waals surface area (Å²) in [6.07, 6.45) is 0. The highest BCUT2D eigenvalue weighted by Gasteiger charge is 2.21. The largest absolute Gasteiger partial charge is 0.475 e. The minimum absolute atomic E-state index is 0.0319. The van der Waals surface area contributed by atoms with Crippen LogP contribution in [0.3, 0.4) is 0 Å². The zero-order valence-electron chi connectivity index (χ0n) is 14.7. The molecular weight excluding hydrogens is 322 g/mol. The van der Waals surface area contributed by atoms with Gasteiger partial charge in [0.15, 0.2) is 12.4 Å². The molecule has 132 valence electrons. The van der Waals surface area contributed by atoms with Gasteiger partial charge in [0.2, 0.25) is 0 Å². The molecule has 0 aliphatic carbocycles. The van der Waals surface area contributed by atoms with Crippen LogP contribution < -0.4 is 9.47 Å². The molecule has 0 aliphatic rings. The minimum atomic E-state index is -0.618. The molecule has 0 radical (unpaired) electrons. The number of benzene rings is 2. The molecule has 0 saturated carbocycles. The fourth-order valence-corrected chi connectivity index (χ4v) is 2.34. The summed E-state index contributed by atoms with van der Waals surface area (Å²) in [5, 5.41) is 11.0. The van der Waals surface area contributed by atoms with Gasteiger partial charge in [-0.25, -0.2) is 4.79 Å². The van der Waals surface area contributed by atoms with Crippen LogP contribution in [0.2, 0.25) is 0 Å². The molecule has 2 aromatic rings. The van der Waals surface area contributed by atoms with Gasteiger partial charge in [0.25, 0.3) is 0 Å². The number of ether oxygens (including phenoxy) is 2. The van der Waals surface area contributed by atoms with Crippen molar-refractivity contribution in [2.45, 2.75) is 33.1 Å². The number of nitro groups is 1. The predicted octanol–water partition coefficient (Wildman–Crippen LogP) is 4.19. The molecule has 0 atom stereocenters. The first-order chi connectivity index (χ1) is 11.7. The van der Waals surface area contributed by atoms with Crippen molar-refractivity contribution in [1.29, 1.82) is 0 Å². The van der Waals surface area contributed by atoms with Crippen molar-refractivity contribution in [3.05, 3.63) is 63.7 Å². The smallest absolute Gasteiger partial charge is 0.349 e. The molecule has 6 nitrogen and oxygen atoms in total. The third-order valence-electron chi connectivity index (χ3n) is 3.57. The van der Waals surface area contributed by atoms with Crippen LogP contribution in [0.4, 0.5) is 5.69 Å². The molecule has 6 heteroatoms. The highest BCUT2D eigenvalue weighted by molar-refractivity contribution is 5.74. The average Bonchev–Trinajstić information content (AvgIpc) is 2.54. The second-order valence-corrected chi connectivity index (χ2v) is 6.74. The molecule has 0 N–H and O–H groups in total. The molecule has 2 rings (SSSR count). The van der Waals surface area contributed by atoms with Crippen molar-refractivity contribution in [3.8, 4) is 11.5 Å². The highest BCUT2D eigenvalue weighted by atomic mass is 16.6. The molecule has 0 amide bonds. The first-order valence-electron chi connectivity index (χ1n) is 7.86. The Morgan fingerprint density at radius 1 is 1.12 bits per heavy atom. The van der Waals surface area contributed by atoms with E-state index in [9.17, 15) is 14.9 Å². The molecule has 0 fully saturated rings. The maximum Gasteiger partial charge on any atom is 0.349 e. The maximum absolute atomic E-state index is 12.1. The number of para-hydroxylation sites is 2. The topological polar surface area (TPSA) is 78.7 Å². The van der Waals surface area contributed by atoms with Crippen molar-refractivity contribution in [1.82, 2.24) is 0 Å². The van der Waals surface area contributed by atoms with Crippen molar-refractivity contribution in [2.24, 2.45) is 0 Å². The normalized spacial score (nSPS) is 11.0. The standard InChI is InChI=1S/C19H21NO5/c1-13-9-10-16(14(11-13)19(2,3)4)25-18(21)12-24-17-8-6-5-7-15(17)20(22)23/h5-11H,12H2,1-4H3. The van der Waals surface area contributed by atoms with Crippen LogP contribution in [0, 0.1) is 17.0 Å². The summed E-state index contributed by atoms with van der Waals surface area (Å²) in [5.41, 5.74) is 1.59. The quantitative estimate of drug-likeness (QED) is 0.352. The van der Waals surface area contributed by atoms with Gasteiger partial charge in [0.1, 0.15) is 5.75 Å². The van der Waals surface area contributed by atoms with E-state index in [1.54, 1.807) is 12.1 Å². The van der Waals surface area contributed by atoms with Gasteiger partial charge in [0, 0.05) is 11.6 Å². The van der Waals surface area contributed by atoms with E-state index >= 15 is 0 Å². The fourth-order valence-electron chi connectivity index (χ4n) is 2.34. The molecule has 0 aliphatic heterocycles. The van der Waals surface area contributed by atoms with E-state index in [-0.39, 0.29) is 16.9 Å². The van der Waals surface area contributed by atoms with Gasteiger partial charge in [-0.05, 0) is 24.5 Å². The summed E-state index contributed by atoms with van der Waals surface area (Å²) in [4.78, 5) is 22.5. The third kappa shape index (κ3) is 4.79. The number of hydrogen-bond donors (Lipinski definition) is 0.